The lowest BCUT2D eigenvalue weighted by Crippen LogP contribution is -2.44. The number of benzene rings is 2. The standard InChI is InChI=1S/C22H22BrN5O2/c1-27-8-10-28(11-9-27)16-5-2-14(3-6-16)13-24-22-25-19-17-12-15(23)4-7-18(17)30-20(19)21(29)26-22/h2-7,12H,8-11,13H2,1H3,(H2,24,25,26,29). The molecule has 3 heterocycles. The second kappa shape index (κ2) is 7.77. The van der Waals surface area contributed by atoms with Crippen molar-refractivity contribution in [3.05, 3.63) is 62.9 Å². The van der Waals surface area contributed by atoms with Crippen molar-refractivity contribution in [2.24, 2.45) is 0 Å². The van der Waals surface area contributed by atoms with Crippen LogP contribution in [-0.4, -0.2) is 48.1 Å². The van der Waals surface area contributed by atoms with Gasteiger partial charge in [-0.3, -0.25) is 9.78 Å². The van der Waals surface area contributed by atoms with Crippen molar-refractivity contribution in [1.29, 1.82) is 0 Å². The summed E-state index contributed by atoms with van der Waals surface area (Å²) in [5.41, 5.74) is 3.52. The van der Waals surface area contributed by atoms with E-state index in [4.69, 9.17) is 4.42 Å². The molecule has 1 fully saturated rings. The fraction of sp³-hybridized carbons (Fsp3) is 0.273. The highest BCUT2D eigenvalue weighted by molar-refractivity contribution is 9.10. The number of nitrogens with zero attached hydrogens (tertiary/aromatic N) is 3. The van der Waals surface area contributed by atoms with Gasteiger partial charge in [0.15, 0.2) is 0 Å². The Hall–Kier alpha value is -2.84. The predicted molar refractivity (Wildman–Crippen MR) is 123 cm³/mol. The molecule has 1 aliphatic heterocycles. The molecule has 0 saturated carbocycles. The Kier molecular flexibility index (Phi) is 4.96. The van der Waals surface area contributed by atoms with Crippen LogP contribution in [0.4, 0.5) is 11.6 Å². The van der Waals surface area contributed by atoms with Crippen LogP contribution in [-0.2, 0) is 6.54 Å². The molecule has 0 unspecified atom stereocenters. The monoisotopic (exact) mass is 467 g/mol. The van der Waals surface area contributed by atoms with Crippen LogP contribution in [0.15, 0.2) is 56.1 Å². The van der Waals surface area contributed by atoms with Gasteiger partial charge in [-0.15, -0.1) is 0 Å². The summed E-state index contributed by atoms with van der Waals surface area (Å²) in [7, 11) is 2.16. The molecule has 2 aromatic heterocycles. The minimum absolute atomic E-state index is 0.241. The first-order chi connectivity index (χ1) is 14.6. The number of hydrogen-bond acceptors (Lipinski definition) is 6. The van der Waals surface area contributed by atoms with Gasteiger partial charge in [0.2, 0.25) is 11.5 Å². The minimum Gasteiger partial charge on any atom is -0.449 e. The van der Waals surface area contributed by atoms with Gasteiger partial charge < -0.3 is 19.5 Å². The third kappa shape index (κ3) is 3.68. The van der Waals surface area contributed by atoms with Gasteiger partial charge in [0.05, 0.1) is 0 Å². The van der Waals surface area contributed by atoms with Crippen molar-refractivity contribution < 1.29 is 4.42 Å². The van der Waals surface area contributed by atoms with E-state index in [1.165, 1.54) is 5.69 Å². The van der Waals surface area contributed by atoms with E-state index in [1.54, 1.807) is 0 Å². The van der Waals surface area contributed by atoms with Gasteiger partial charge >= 0.3 is 0 Å². The van der Waals surface area contributed by atoms with Gasteiger partial charge in [-0.25, -0.2) is 4.98 Å². The third-order valence-corrected chi connectivity index (χ3v) is 6.04. The number of aromatic amines is 1. The Morgan fingerprint density at radius 1 is 1.13 bits per heavy atom. The fourth-order valence-corrected chi connectivity index (χ4v) is 4.15. The SMILES string of the molecule is CN1CCN(c2ccc(CNc3nc4c(oc5ccc(Br)cc54)c(=O)[nH]3)cc2)CC1. The van der Waals surface area contributed by atoms with E-state index in [0.717, 1.165) is 41.6 Å². The van der Waals surface area contributed by atoms with Crippen LogP contribution in [0.5, 0.6) is 0 Å². The predicted octanol–water partition coefficient (Wildman–Crippen LogP) is 3.80. The van der Waals surface area contributed by atoms with Crippen molar-refractivity contribution in [3.8, 4) is 0 Å². The second-order valence-electron chi connectivity index (χ2n) is 7.65. The number of aromatic nitrogens is 2. The molecule has 2 aromatic carbocycles. The summed E-state index contributed by atoms with van der Waals surface area (Å²) in [6, 6.07) is 14.2. The molecule has 0 aliphatic carbocycles. The van der Waals surface area contributed by atoms with Crippen LogP contribution >= 0.6 is 15.9 Å². The maximum atomic E-state index is 12.5. The van der Waals surface area contributed by atoms with Gasteiger partial charge in [-0.05, 0) is 42.9 Å². The van der Waals surface area contributed by atoms with Gasteiger partial charge in [0.25, 0.3) is 5.56 Å². The molecule has 7 nitrogen and oxygen atoms in total. The van der Waals surface area contributed by atoms with Crippen molar-refractivity contribution in [3.63, 3.8) is 0 Å². The molecule has 0 atom stereocenters. The van der Waals surface area contributed by atoms with Crippen molar-refractivity contribution >= 4 is 49.6 Å². The van der Waals surface area contributed by atoms with Crippen LogP contribution in [0, 0.1) is 0 Å². The lowest BCUT2D eigenvalue weighted by Gasteiger charge is -2.34. The topological polar surface area (TPSA) is 77.4 Å². The molecular formula is C22H22BrN5O2. The van der Waals surface area contributed by atoms with E-state index in [1.807, 2.05) is 18.2 Å². The summed E-state index contributed by atoms with van der Waals surface area (Å²) in [6.07, 6.45) is 0. The first kappa shape index (κ1) is 19.1. The highest BCUT2D eigenvalue weighted by atomic mass is 79.9. The number of nitrogens with one attached hydrogen (secondary N) is 2. The average molecular weight is 468 g/mol. The number of piperazine rings is 1. The van der Waals surface area contributed by atoms with Crippen molar-refractivity contribution in [2.75, 3.05) is 43.4 Å². The number of rotatable bonds is 4. The van der Waals surface area contributed by atoms with E-state index in [0.29, 0.717) is 23.6 Å². The number of furan rings is 1. The maximum Gasteiger partial charge on any atom is 0.296 e. The normalized spacial score (nSPS) is 15.2. The quantitative estimate of drug-likeness (QED) is 0.475. The Bertz CT molecular complexity index is 1260. The summed E-state index contributed by atoms with van der Waals surface area (Å²) in [5, 5.41) is 4.04. The largest absolute Gasteiger partial charge is 0.449 e. The van der Waals surface area contributed by atoms with E-state index < -0.39 is 0 Å². The fourth-order valence-electron chi connectivity index (χ4n) is 3.78. The number of likely N-dealkylation sites (N-methyl/N-ethyl adjacent to an activating group) is 1. The zero-order valence-electron chi connectivity index (χ0n) is 16.6. The van der Waals surface area contributed by atoms with Crippen LogP contribution in [0.2, 0.25) is 0 Å². The number of H-pyrrole nitrogens is 1. The van der Waals surface area contributed by atoms with Gasteiger partial charge in [-0.1, -0.05) is 28.1 Å². The molecule has 1 aliphatic rings. The second-order valence-corrected chi connectivity index (χ2v) is 8.56. The third-order valence-electron chi connectivity index (χ3n) is 5.55. The Labute approximate surface area is 181 Å². The number of halogens is 1. The first-order valence-electron chi connectivity index (χ1n) is 9.95. The summed E-state index contributed by atoms with van der Waals surface area (Å²) >= 11 is 3.46. The summed E-state index contributed by atoms with van der Waals surface area (Å²) < 4.78 is 6.58. The van der Waals surface area contributed by atoms with Gasteiger partial charge in [-0.2, -0.15) is 0 Å². The molecule has 0 spiro atoms. The molecule has 154 valence electrons. The zero-order chi connectivity index (χ0) is 20.7. The molecule has 0 amide bonds. The van der Waals surface area contributed by atoms with E-state index in [-0.39, 0.29) is 11.1 Å². The van der Waals surface area contributed by atoms with Crippen molar-refractivity contribution in [1.82, 2.24) is 14.9 Å². The molecule has 0 bridgehead atoms. The highest BCUT2D eigenvalue weighted by Crippen LogP contribution is 2.28. The molecule has 30 heavy (non-hydrogen) atoms. The van der Waals surface area contributed by atoms with Crippen LogP contribution in [0.3, 0.4) is 0 Å². The highest BCUT2D eigenvalue weighted by Gasteiger charge is 2.15. The van der Waals surface area contributed by atoms with Gasteiger partial charge in [0.1, 0.15) is 11.1 Å². The molecule has 5 rings (SSSR count). The van der Waals surface area contributed by atoms with E-state index >= 15 is 0 Å². The van der Waals surface area contributed by atoms with Crippen LogP contribution in [0.1, 0.15) is 5.56 Å². The Morgan fingerprint density at radius 2 is 1.90 bits per heavy atom. The average Bonchev–Trinajstić information content (AvgIpc) is 3.12. The molecule has 0 radical (unpaired) electrons. The molecule has 2 N–H and O–H groups in total. The van der Waals surface area contributed by atoms with Crippen LogP contribution in [0.25, 0.3) is 22.1 Å². The first-order valence-corrected chi connectivity index (χ1v) is 10.7. The molecule has 4 aromatic rings. The minimum atomic E-state index is -0.291. The molecule has 8 heteroatoms. The van der Waals surface area contributed by atoms with E-state index in [2.05, 4.69) is 72.3 Å². The maximum absolute atomic E-state index is 12.5. The van der Waals surface area contributed by atoms with Crippen LogP contribution < -0.4 is 15.8 Å². The molecular weight excluding hydrogens is 446 g/mol. The number of hydrogen-bond donors (Lipinski definition) is 2. The Balaban J connectivity index is 1.34. The zero-order valence-corrected chi connectivity index (χ0v) is 18.2. The van der Waals surface area contributed by atoms with Gasteiger partial charge in [0, 0.05) is 48.3 Å². The summed E-state index contributed by atoms with van der Waals surface area (Å²) in [5.74, 6) is 0.429. The number of fused-ring (bicyclic) bond motifs is 3. The lowest BCUT2D eigenvalue weighted by molar-refractivity contribution is 0.313. The summed E-state index contributed by atoms with van der Waals surface area (Å²) in [4.78, 5) is 24.6. The van der Waals surface area contributed by atoms with E-state index in [9.17, 15) is 4.79 Å². The lowest BCUT2D eigenvalue weighted by atomic mass is 10.2. The summed E-state index contributed by atoms with van der Waals surface area (Å²) in [6.45, 7) is 4.84. The number of anilines is 2. The Morgan fingerprint density at radius 3 is 2.67 bits per heavy atom. The molecule has 1 saturated heterocycles. The van der Waals surface area contributed by atoms with Crippen molar-refractivity contribution in [2.45, 2.75) is 6.54 Å². The smallest absolute Gasteiger partial charge is 0.296 e.